The fourth-order valence-corrected chi connectivity index (χ4v) is 2.88. The van der Waals surface area contributed by atoms with Crippen LogP contribution in [0.5, 0.6) is 0 Å². The SMILES string of the molecule is CS(=O)(=O)NCCNS(=O)(=O)c1ccc(C#CCN)cc1. The van der Waals surface area contributed by atoms with E-state index >= 15 is 0 Å². The van der Waals surface area contributed by atoms with Gasteiger partial charge in [0.2, 0.25) is 20.0 Å². The van der Waals surface area contributed by atoms with E-state index in [1.807, 2.05) is 0 Å². The summed E-state index contributed by atoms with van der Waals surface area (Å²) in [5, 5.41) is 0. The van der Waals surface area contributed by atoms with E-state index in [-0.39, 0.29) is 24.5 Å². The van der Waals surface area contributed by atoms with Crippen LogP contribution in [0.1, 0.15) is 5.56 Å². The summed E-state index contributed by atoms with van der Waals surface area (Å²) < 4.78 is 50.0. The molecule has 0 bridgehead atoms. The molecule has 4 N–H and O–H groups in total. The van der Waals surface area contributed by atoms with Gasteiger partial charge < -0.3 is 5.73 Å². The third-order valence-electron chi connectivity index (χ3n) is 2.28. The number of hydrogen-bond acceptors (Lipinski definition) is 5. The van der Waals surface area contributed by atoms with Gasteiger partial charge in [-0.2, -0.15) is 0 Å². The summed E-state index contributed by atoms with van der Waals surface area (Å²) in [4.78, 5) is 0.0835. The van der Waals surface area contributed by atoms with Crippen molar-refractivity contribution >= 4 is 20.0 Å². The largest absolute Gasteiger partial charge is 0.320 e. The van der Waals surface area contributed by atoms with Crippen LogP contribution in [-0.2, 0) is 20.0 Å². The Kier molecular flexibility index (Phi) is 6.32. The lowest BCUT2D eigenvalue weighted by atomic mass is 10.2. The number of nitrogens with two attached hydrogens (primary N) is 1. The molecule has 0 aromatic heterocycles. The predicted molar refractivity (Wildman–Crippen MR) is 80.4 cm³/mol. The van der Waals surface area contributed by atoms with Crippen LogP contribution in [0.25, 0.3) is 0 Å². The summed E-state index contributed by atoms with van der Waals surface area (Å²) in [6.07, 6.45) is 1.00. The Morgan fingerprint density at radius 2 is 1.62 bits per heavy atom. The van der Waals surface area contributed by atoms with Gasteiger partial charge in [0.25, 0.3) is 0 Å². The lowest BCUT2D eigenvalue weighted by Gasteiger charge is -2.07. The van der Waals surface area contributed by atoms with E-state index in [1.54, 1.807) is 12.1 Å². The minimum absolute atomic E-state index is 0.0158. The molecule has 0 saturated carbocycles. The Bertz CT molecular complexity index is 729. The quantitative estimate of drug-likeness (QED) is 0.448. The highest BCUT2D eigenvalue weighted by Crippen LogP contribution is 2.09. The van der Waals surface area contributed by atoms with Crippen molar-refractivity contribution in [3.8, 4) is 11.8 Å². The van der Waals surface area contributed by atoms with E-state index in [1.165, 1.54) is 12.1 Å². The third kappa shape index (κ3) is 6.70. The van der Waals surface area contributed by atoms with Gasteiger partial charge in [-0.3, -0.25) is 0 Å². The van der Waals surface area contributed by atoms with Crippen molar-refractivity contribution in [3.63, 3.8) is 0 Å². The Morgan fingerprint density at radius 3 is 2.14 bits per heavy atom. The molecule has 0 amide bonds. The molecular weight excluding hydrogens is 314 g/mol. The van der Waals surface area contributed by atoms with Crippen LogP contribution >= 0.6 is 0 Å². The second-order valence-electron chi connectivity index (χ2n) is 4.09. The topological polar surface area (TPSA) is 118 Å². The zero-order valence-corrected chi connectivity index (χ0v) is 13.1. The summed E-state index contributed by atoms with van der Waals surface area (Å²) in [6.45, 7) is 0.178. The zero-order chi connectivity index (χ0) is 15.9. The average Bonchev–Trinajstić information content (AvgIpc) is 2.41. The van der Waals surface area contributed by atoms with E-state index in [4.69, 9.17) is 5.73 Å². The highest BCUT2D eigenvalue weighted by molar-refractivity contribution is 7.89. The first-order chi connectivity index (χ1) is 9.74. The van der Waals surface area contributed by atoms with Crippen molar-refractivity contribution in [1.29, 1.82) is 0 Å². The Labute approximate surface area is 125 Å². The van der Waals surface area contributed by atoms with E-state index in [0.717, 1.165) is 6.26 Å². The fraction of sp³-hybridized carbons (Fsp3) is 0.333. The smallest absolute Gasteiger partial charge is 0.240 e. The normalized spacial score (nSPS) is 11.7. The Morgan fingerprint density at radius 1 is 1.05 bits per heavy atom. The first-order valence-electron chi connectivity index (χ1n) is 5.98. The van der Waals surface area contributed by atoms with Gasteiger partial charge in [-0.15, -0.1) is 0 Å². The molecule has 7 nitrogen and oxygen atoms in total. The van der Waals surface area contributed by atoms with Crippen LogP contribution in [0.15, 0.2) is 29.2 Å². The van der Waals surface area contributed by atoms with Crippen LogP contribution in [-0.4, -0.2) is 42.7 Å². The van der Waals surface area contributed by atoms with Crippen LogP contribution in [0, 0.1) is 11.8 Å². The van der Waals surface area contributed by atoms with E-state index < -0.39 is 20.0 Å². The standard InChI is InChI=1S/C12H17N3O4S2/c1-20(16,17)14-9-10-15-21(18,19)12-6-4-11(5-7-12)3-2-8-13/h4-7,14-15H,8-10,13H2,1H3. The lowest BCUT2D eigenvalue weighted by molar-refractivity contribution is 0.573. The number of hydrogen-bond donors (Lipinski definition) is 3. The average molecular weight is 331 g/mol. The van der Waals surface area contributed by atoms with E-state index in [0.29, 0.717) is 5.56 Å². The van der Waals surface area contributed by atoms with Crippen LogP contribution in [0.3, 0.4) is 0 Å². The van der Waals surface area contributed by atoms with Gasteiger partial charge in [-0.25, -0.2) is 26.3 Å². The lowest BCUT2D eigenvalue weighted by Crippen LogP contribution is -2.34. The maximum atomic E-state index is 11.9. The number of sulfonamides is 2. The van der Waals surface area contributed by atoms with Crippen molar-refractivity contribution in [2.24, 2.45) is 5.73 Å². The summed E-state index contributed by atoms with van der Waals surface area (Å²) in [7, 11) is -7.00. The van der Waals surface area contributed by atoms with E-state index in [2.05, 4.69) is 21.3 Å². The maximum Gasteiger partial charge on any atom is 0.240 e. The summed E-state index contributed by atoms with van der Waals surface area (Å²) in [5.74, 6) is 5.45. The van der Waals surface area contributed by atoms with Gasteiger partial charge >= 0.3 is 0 Å². The highest BCUT2D eigenvalue weighted by Gasteiger charge is 2.13. The Hall–Kier alpha value is -1.44. The molecule has 116 valence electrons. The summed E-state index contributed by atoms with van der Waals surface area (Å²) in [6, 6.07) is 6.00. The monoisotopic (exact) mass is 331 g/mol. The molecule has 0 heterocycles. The molecule has 0 fully saturated rings. The molecule has 1 rings (SSSR count). The molecule has 9 heteroatoms. The first kappa shape index (κ1) is 17.6. The summed E-state index contributed by atoms with van der Waals surface area (Å²) in [5.41, 5.74) is 5.91. The number of benzene rings is 1. The predicted octanol–water partition coefficient (Wildman–Crippen LogP) is -1.18. The highest BCUT2D eigenvalue weighted by atomic mass is 32.2. The molecule has 0 unspecified atom stereocenters. The van der Waals surface area contributed by atoms with Crippen molar-refractivity contribution in [2.75, 3.05) is 25.9 Å². The Balaban J connectivity index is 2.66. The zero-order valence-electron chi connectivity index (χ0n) is 11.5. The first-order valence-corrected chi connectivity index (χ1v) is 9.35. The van der Waals surface area contributed by atoms with Gasteiger partial charge in [-0.05, 0) is 24.3 Å². The molecule has 0 aliphatic rings. The molecule has 0 saturated heterocycles. The molecule has 0 radical (unpaired) electrons. The number of nitrogens with one attached hydrogen (secondary N) is 2. The molecule has 0 spiro atoms. The summed E-state index contributed by atoms with van der Waals surface area (Å²) >= 11 is 0. The van der Waals surface area contributed by atoms with Gasteiger partial charge in [0.1, 0.15) is 0 Å². The van der Waals surface area contributed by atoms with Gasteiger partial charge in [0, 0.05) is 18.7 Å². The van der Waals surface area contributed by atoms with Gasteiger partial charge in [-0.1, -0.05) is 11.8 Å². The van der Waals surface area contributed by atoms with Crippen molar-refractivity contribution in [2.45, 2.75) is 4.90 Å². The molecule has 0 aliphatic carbocycles. The minimum atomic E-state index is -3.67. The van der Waals surface area contributed by atoms with Crippen molar-refractivity contribution in [1.82, 2.24) is 9.44 Å². The molecule has 21 heavy (non-hydrogen) atoms. The molecular formula is C12H17N3O4S2. The van der Waals surface area contributed by atoms with Crippen molar-refractivity contribution in [3.05, 3.63) is 29.8 Å². The molecule has 1 aromatic rings. The number of rotatable bonds is 6. The van der Waals surface area contributed by atoms with E-state index in [9.17, 15) is 16.8 Å². The van der Waals surface area contributed by atoms with Crippen molar-refractivity contribution < 1.29 is 16.8 Å². The molecule has 1 aromatic carbocycles. The molecule has 0 aliphatic heterocycles. The van der Waals surface area contributed by atoms with Crippen LogP contribution in [0.4, 0.5) is 0 Å². The second kappa shape index (κ2) is 7.53. The van der Waals surface area contributed by atoms with Gasteiger partial charge in [0.05, 0.1) is 17.7 Å². The third-order valence-corrected chi connectivity index (χ3v) is 4.49. The minimum Gasteiger partial charge on any atom is -0.320 e. The van der Waals surface area contributed by atoms with Crippen LogP contribution < -0.4 is 15.2 Å². The van der Waals surface area contributed by atoms with Gasteiger partial charge in [0.15, 0.2) is 0 Å². The second-order valence-corrected chi connectivity index (χ2v) is 7.69. The maximum absolute atomic E-state index is 11.9. The molecule has 0 atom stereocenters. The van der Waals surface area contributed by atoms with Crippen LogP contribution in [0.2, 0.25) is 0 Å². The fourth-order valence-electron chi connectivity index (χ4n) is 1.38.